The van der Waals surface area contributed by atoms with Crippen molar-refractivity contribution in [3.8, 4) is 5.75 Å². The summed E-state index contributed by atoms with van der Waals surface area (Å²) in [5.41, 5.74) is 6.74. The second-order valence-electron chi connectivity index (χ2n) is 5.02. The number of hydrogen-bond acceptors (Lipinski definition) is 4. The Bertz CT molecular complexity index is 450. The summed E-state index contributed by atoms with van der Waals surface area (Å²) in [7, 11) is 1.67. The summed E-state index contributed by atoms with van der Waals surface area (Å²) >= 11 is 1.90. The Labute approximate surface area is 124 Å². The van der Waals surface area contributed by atoms with E-state index in [0.717, 1.165) is 31.0 Å². The predicted octanol–water partition coefficient (Wildman–Crippen LogP) is 1.88. The standard InChI is InChI=1S/C15H22N2O2S/c1-3-17-9-13(8-14(17)15(16)18)20-10-11-4-6-12(19-2)7-5-11/h4-7,13-14H,3,8-10H2,1-2H3,(H2,16,18)/t13-,14-/m0/s1. The molecule has 2 rings (SSSR count). The molecule has 0 aliphatic carbocycles. The molecule has 1 fully saturated rings. The van der Waals surface area contributed by atoms with Crippen molar-refractivity contribution in [3.63, 3.8) is 0 Å². The fraction of sp³-hybridized carbons (Fsp3) is 0.533. The van der Waals surface area contributed by atoms with Gasteiger partial charge in [-0.1, -0.05) is 19.1 Å². The van der Waals surface area contributed by atoms with Crippen LogP contribution in [0.4, 0.5) is 0 Å². The van der Waals surface area contributed by atoms with Crippen molar-refractivity contribution in [3.05, 3.63) is 29.8 Å². The van der Waals surface area contributed by atoms with E-state index in [9.17, 15) is 4.79 Å². The van der Waals surface area contributed by atoms with Crippen molar-refractivity contribution in [2.45, 2.75) is 30.4 Å². The van der Waals surface area contributed by atoms with E-state index >= 15 is 0 Å². The minimum Gasteiger partial charge on any atom is -0.497 e. The van der Waals surface area contributed by atoms with E-state index in [-0.39, 0.29) is 11.9 Å². The lowest BCUT2D eigenvalue weighted by molar-refractivity contribution is -0.122. The number of methoxy groups -OCH3 is 1. The van der Waals surface area contributed by atoms with Gasteiger partial charge in [-0.25, -0.2) is 0 Å². The number of benzene rings is 1. The van der Waals surface area contributed by atoms with Gasteiger partial charge in [0.1, 0.15) is 5.75 Å². The zero-order chi connectivity index (χ0) is 14.5. The van der Waals surface area contributed by atoms with Crippen molar-refractivity contribution in [2.75, 3.05) is 20.2 Å². The van der Waals surface area contributed by atoms with Gasteiger partial charge in [-0.2, -0.15) is 11.8 Å². The van der Waals surface area contributed by atoms with Crippen molar-refractivity contribution in [1.82, 2.24) is 4.90 Å². The first-order chi connectivity index (χ1) is 9.63. The van der Waals surface area contributed by atoms with Gasteiger partial charge in [-0.05, 0) is 30.7 Å². The number of amides is 1. The van der Waals surface area contributed by atoms with Gasteiger partial charge >= 0.3 is 0 Å². The van der Waals surface area contributed by atoms with Crippen molar-refractivity contribution in [1.29, 1.82) is 0 Å². The third kappa shape index (κ3) is 3.67. The van der Waals surface area contributed by atoms with E-state index < -0.39 is 0 Å². The zero-order valence-electron chi connectivity index (χ0n) is 12.0. The number of carbonyl (C=O) groups excluding carboxylic acids is 1. The van der Waals surface area contributed by atoms with E-state index in [1.54, 1.807) is 7.11 Å². The molecule has 5 heteroatoms. The monoisotopic (exact) mass is 294 g/mol. The molecule has 20 heavy (non-hydrogen) atoms. The van der Waals surface area contributed by atoms with Gasteiger partial charge in [0.15, 0.2) is 0 Å². The van der Waals surface area contributed by atoms with Gasteiger partial charge in [-0.3, -0.25) is 9.69 Å². The number of thioether (sulfide) groups is 1. The van der Waals surface area contributed by atoms with E-state index in [4.69, 9.17) is 10.5 Å². The Kier molecular flexibility index (Phi) is 5.31. The SMILES string of the molecule is CCN1C[C@@H](SCc2ccc(OC)cc2)C[C@H]1C(N)=O. The number of hydrogen-bond donors (Lipinski definition) is 1. The smallest absolute Gasteiger partial charge is 0.234 e. The van der Waals surface area contributed by atoms with Crippen LogP contribution in [-0.4, -0.2) is 42.3 Å². The number of likely N-dealkylation sites (N-methyl/N-ethyl adjacent to an activating group) is 1. The van der Waals surface area contributed by atoms with Gasteiger partial charge in [0.05, 0.1) is 13.2 Å². The fourth-order valence-corrected chi connectivity index (χ4v) is 3.80. The van der Waals surface area contributed by atoms with Crippen LogP contribution in [0.2, 0.25) is 0 Å². The summed E-state index contributed by atoms with van der Waals surface area (Å²) < 4.78 is 5.15. The van der Waals surface area contributed by atoms with Crippen LogP contribution in [0.5, 0.6) is 5.75 Å². The molecule has 1 saturated heterocycles. The molecular formula is C15H22N2O2S. The maximum Gasteiger partial charge on any atom is 0.234 e. The summed E-state index contributed by atoms with van der Waals surface area (Å²) in [6, 6.07) is 8.05. The molecule has 1 aromatic carbocycles. The summed E-state index contributed by atoms with van der Waals surface area (Å²) in [6.45, 7) is 3.91. The Hall–Kier alpha value is -1.20. The van der Waals surface area contributed by atoms with E-state index in [0.29, 0.717) is 5.25 Å². The summed E-state index contributed by atoms with van der Waals surface area (Å²) in [5, 5.41) is 0.481. The fourth-order valence-electron chi connectivity index (χ4n) is 2.56. The number of primary amides is 1. The molecule has 1 aliphatic heterocycles. The van der Waals surface area contributed by atoms with Gasteiger partial charge in [0.25, 0.3) is 0 Å². The van der Waals surface area contributed by atoms with Gasteiger partial charge in [0.2, 0.25) is 5.91 Å². The molecule has 1 heterocycles. The second-order valence-corrected chi connectivity index (χ2v) is 6.31. The second kappa shape index (κ2) is 6.99. The molecule has 4 nitrogen and oxygen atoms in total. The summed E-state index contributed by atoms with van der Waals surface area (Å²) in [4.78, 5) is 13.6. The third-order valence-electron chi connectivity index (χ3n) is 3.74. The van der Waals surface area contributed by atoms with Crippen molar-refractivity contribution in [2.24, 2.45) is 5.73 Å². The quantitative estimate of drug-likeness (QED) is 0.870. The third-order valence-corrected chi connectivity index (χ3v) is 5.06. The first kappa shape index (κ1) is 15.2. The van der Waals surface area contributed by atoms with Crippen LogP contribution >= 0.6 is 11.8 Å². The zero-order valence-corrected chi connectivity index (χ0v) is 12.9. The highest BCUT2D eigenvalue weighted by molar-refractivity contribution is 7.99. The average molecular weight is 294 g/mol. The maximum atomic E-state index is 11.4. The Morgan fingerprint density at radius 3 is 2.65 bits per heavy atom. The molecule has 0 saturated carbocycles. The van der Waals surface area contributed by atoms with Crippen molar-refractivity contribution < 1.29 is 9.53 Å². The van der Waals surface area contributed by atoms with Gasteiger partial charge in [-0.15, -0.1) is 0 Å². The molecule has 0 aromatic heterocycles. The lowest BCUT2D eigenvalue weighted by Crippen LogP contribution is -2.39. The van der Waals surface area contributed by atoms with Crippen LogP contribution in [-0.2, 0) is 10.5 Å². The normalized spacial score (nSPS) is 22.9. The predicted molar refractivity (Wildman–Crippen MR) is 82.9 cm³/mol. The van der Waals surface area contributed by atoms with Gasteiger partial charge < -0.3 is 10.5 Å². The van der Waals surface area contributed by atoms with Crippen LogP contribution in [0, 0.1) is 0 Å². The van der Waals surface area contributed by atoms with Gasteiger partial charge in [0, 0.05) is 17.5 Å². The minimum absolute atomic E-state index is 0.0895. The van der Waals surface area contributed by atoms with Crippen LogP contribution in [0.1, 0.15) is 18.9 Å². The largest absolute Gasteiger partial charge is 0.497 e. The van der Waals surface area contributed by atoms with Crippen LogP contribution < -0.4 is 10.5 Å². The maximum absolute atomic E-state index is 11.4. The summed E-state index contributed by atoms with van der Waals surface area (Å²) in [6.07, 6.45) is 0.865. The van der Waals surface area contributed by atoms with Crippen LogP contribution in [0.15, 0.2) is 24.3 Å². The molecule has 0 bridgehead atoms. The van der Waals surface area contributed by atoms with Crippen LogP contribution in [0.25, 0.3) is 0 Å². The van der Waals surface area contributed by atoms with Crippen molar-refractivity contribution >= 4 is 17.7 Å². The summed E-state index contributed by atoms with van der Waals surface area (Å²) in [5.74, 6) is 1.64. The highest BCUT2D eigenvalue weighted by Crippen LogP contribution is 2.30. The average Bonchev–Trinajstić information content (AvgIpc) is 2.89. The number of likely N-dealkylation sites (tertiary alicyclic amines) is 1. The lowest BCUT2D eigenvalue weighted by atomic mass is 10.2. The van der Waals surface area contributed by atoms with E-state index in [1.807, 2.05) is 23.9 Å². The molecule has 1 aromatic rings. The minimum atomic E-state index is -0.195. The Morgan fingerprint density at radius 1 is 1.45 bits per heavy atom. The molecule has 0 radical (unpaired) electrons. The molecular weight excluding hydrogens is 272 g/mol. The lowest BCUT2D eigenvalue weighted by Gasteiger charge is -2.18. The molecule has 2 N–H and O–H groups in total. The highest BCUT2D eigenvalue weighted by Gasteiger charge is 2.34. The number of carbonyl (C=O) groups is 1. The molecule has 1 aliphatic rings. The number of ether oxygens (including phenoxy) is 1. The topological polar surface area (TPSA) is 55.6 Å². The Morgan fingerprint density at radius 2 is 2.15 bits per heavy atom. The number of rotatable bonds is 6. The first-order valence-corrected chi connectivity index (χ1v) is 7.96. The molecule has 110 valence electrons. The highest BCUT2D eigenvalue weighted by atomic mass is 32.2. The van der Waals surface area contributed by atoms with Crippen LogP contribution in [0.3, 0.4) is 0 Å². The number of nitrogens with two attached hydrogens (primary N) is 1. The molecule has 2 atom stereocenters. The molecule has 0 unspecified atom stereocenters. The van der Waals surface area contributed by atoms with E-state index in [2.05, 4.69) is 24.0 Å². The Balaban J connectivity index is 1.86. The first-order valence-electron chi connectivity index (χ1n) is 6.92. The number of nitrogens with zero attached hydrogens (tertiary/aromatic N) is 1. The molecule has 1 amide bonds. The van der Waals surface area contributed by atoms with E-state index in [1.165, 1.54) is 5.56 Å². The molecule has 0 spiro atoms.